The Hall–Kier alpha value is -2.23. The smallest absolute Gasteiger partial charge is 0.119 e. The van der Waals surface area contributed by atoms with Gasteiger partial charge < -0.3 is 19.4 Å². The first-order valence-electron chi connectivity index (χ1n) is 34.1. The van der Waals surface area contributed by atoms with Gasteiger partial charge in [-0.15, -0.1) is 35.0 Å². The zero-order chi connectivity index (χ0) is 66.7. The SMILES string of the molecule is CC(C)CN1CCCCC1C.CC(C)CN1CCCCC1C.CC(C)CN1CCSCC1.CC(C)c1ccc(C(C)C)cc1.CCCCc1ccc(C(C)C)cc1.CCOc1ccc(C(C)C)cc1.CCSc1ccc(C(C)C)cc1.CCl.CCl.CF. The molecule has 3 heterocycles. The molecule has 2 unspecified atom stereocenters. The quantitative estimate of drug-likeness (QED) is 0.0725. The highest BCUT2D eigenvalue weighted by Gasteiger charge is 2.19. The normalized spacial score (nSPS) is 15.8. The van der Waals surface area contributed by atoms with Gasteiger partial charge in [0.25, 0.3) is 0 Å². The van der Waals surface area contributed by atoms with Crippen molar-refractivity contribution in [1.29, 1.82) is 0 Å². The molecule has 0 radical (unpaired) electrons. The number of benzene rings is 4. The maximum absolute atomic E-state index is 9.50. The minimum Gasteiger partial charge on any atom is -0.494 e. The van der Waals surface area contributed by atoms with Crippen molar-refractivity contribution in [2.75, 3.05) is 89.6 Å². The molecule has 0 saturated carbocycles. The van der Waals surface area contributed by atoms with E-state index < -0.39 is 0 Å². The second-order valence-corrected chi connectivity index (χ2v) is 28.6. The molecular formula is C78H138Cl2FN3OS2. The fourth-order valence-corrected chi connectivity index (χ4v) is 11.7. The van der Waals surface area contributed by atoms with Crippen LogP contribution in [0.1, 0.15) is 260 Å². The lowest BCUT2D eigenvalue weighted by Gasteiger charge is -2.34. The summed E-state index contributed by atoms with van der Waals surface area (Å²) in [6.07, 6.45) is 15.3. The third-order valence-electron chi connectivity index (χ3n) is 15.3. The van der Waals surface area contributed by atoms with Gasteiger partial charge in [-0.1, -0.05) is 217 Å². The van der Waals surface area contributed by atoms with Crippen LogP contribution in [0.3, 0.4) is 0 Å². The largest absolute Gasteiger partial charge is 0.494 e. The molecule has 0 N–H and O–H groups in total. The number of nitrogens with zero attached hydrogens (tertiary/aromatic N) is 3. The molecule has 4 nitrogen and oxygen atoms in total. The van der Waals surface area contributed by atoms with Crippen LogP contribution in [0, 0.1) is 17.8 Å². The van der Waals surface area contributed by atoms with Crippen molar-refractivity contribution in [3.63, 3.8) is 0 Å². The monoisotopic (exact) mass is 1290 g/mol. The molecule has 0 amide bonds. The number of likely N-dealkylation sites (tertiary alicyclic amines) is 2. The third kappa shape index (κ3) is 46.5. The Kier molecular flexibility index (Phi) is 59.0. The molecule has 3 aliphatic heterocycles. The van der Waals surface area contributed by atoms with E-state index in [9.17, 15) is 4.39 Å². The van der Waals surface area contributed by atoms with Gasteiger partial charge >= 0.3 is 0 Å². The standard InChI is InChI=1S/C13H20.C12H18.C11H16O.C11H16S.2C10H21N.C8H17NS.2CH3Cl.CH3F/c1-4-5-6-12-7-9-13(10-8-12)11(2)3;1-9(2)11-5-7-12(8-6-11)10(3)4;2*1-4-12-11-7-5-10(6-8-11)9(2)3;2*1-9(2)8-11-7-5-4-6-10(11)3;1-8(2)7-9-3-5-10-6-4-9;3*1-2/h7-11H,4-6H2,1-3H3;5-10H,1-4H3;2*5-9H,4H2,1-3H3;2*9-10H,4-8H2,1-3H3;8H,3-7H2,1-2H3;3*1H3. The first-order valence-corrected chi connectivity index (χ1v) is 37.7. The van der Waals surface area contributed by atoms with Crippen LogP contribution >= 0.6 is 46.7 Å². The van der Waals surface area contributed by atoms with E-state index in [1.807, 2.05) is 30.8 Å². The number of ether oxygens (including phenoxy) is 1. The number of piperidine rings is 2. The predicted molar refractivity (Wildman–Crippen MR) is 401 cm³/mol. The summed E-state index contributed by atoms with van der Waals surface area (Å²) in [4.78, 5) is 9.21. The average molecular weight is 1290 g/mol. The van der Waals surface area contributed by atoms with Gasteiger partial charge in [-0.25, -0.2) is 0 Å². The van der Waals surface area contributed by atoms with Crippen LogP contribution in [0.4, 0.5) is 4.39 Å². The van der Waals surface area contributed by atoms with Gasteiger partial charge in [0.1, 0.15) is 5.75 Å². The van der Waals surface area contributed by atoms with E-state index in [0.29, 0.717) is 36.8 Å². The molecule has 0 bridgehead atoms. The Labute approximate surface area is 560 Å². The van der Waals surface area contributed by atoms with E-state index in [4.69, 9.17) is 4.74 Å². The highest BCUT2D eigenvalue weighted by Crippen LogP contribution is 2.24. The number of hydrogen-bond donors (Lipinski definition) is 0. The number of aryl methyl sites for hydroxylation is 1. The van der Waals surface area contributed by atoms with Crippen LogP contribution < -0.4 is 4.74 Å². The van der Waals surface area contributed by atoms with E-state index in [0.717, 1.165) is 47.9 Å². The maximum atomic E-state index is 9.50. The highest BCUT2D eigenvalue weighted by atomic mass is 35.5. The Morgan fingerprint density at radius 1 is 0.471 bits per heavy atom. The summed E-state index contributed by atoms with van der Waals surface area (Å²) in [5.74, 6) is 10.5. The molecule has 2 atom stereocenters. The topological polar surface area (TPSA) is 19.0 Å². The summed E-state index contributed by atoms with van der Waals surface area (Å²) in [7, 11) is 0.500. The Morgan fingerprint density at radius 2 is 0.805 bits per heavy atom. The lowest BCUT2D eigenvalue weighted by atomic mass is 9.97. The minimum absolute atomic E-state index is 0.500. The maximum Gasteiger partial charge on any atom is 0.119 e. The molecule has 87 heavy (non-hydrogen) atoms. The number of thioether (sulfide) groups is 2. The van der Waals surface area contributed by atoms with E-state index in [1.54, 1.807) is 0 Å². The molecule has 0 spiro atoms. The molecule has 9 heteroatoms. The van der Waals surface area contributed by atoms with Crippen LogP contribution in [0.15, 0.2) is 102 Å². The van der Waals surface area contributed by atoms with Gasteiger partial charge in [0, 0.05) is 74.0 Å². The van der Waals surface area contributed by atoms with Gasteiger partial charge in [-0.05, 0) is 183 Å². The van der Waals surface area contributed by atoms with Gasteiger partial charge in [-0.3, -0.25) is 4.39 Å². The number of hydrogen-bond acceptors (Lipinski definition) is 6. The van der Waals surface area contributed by atoms with Crippen LogP contribution in [0.2, 0.25) is 0 Å². The van der Waals surface area contributed by atoms with Gasteiger partial charge in [-0.2, -0.15) is 11.8 Å². The van der Waals surface area contributed by atoms with Crippen LogP contribution in [-0.4, -0.2) is 116 Å². The van der Waals surface area contributed by atoms with Crippen molar-refractivity contribution in [2.45, 2.75) is 250 Å². The van der Waals surface area contributed by atoms with Crippen molar-refractivity contribution in [2.24, 2.45) is 17.8 Å². The summed E-state index contributed by atoms with van der Waals surface area (Å²) in [6, 6.07) is 36.8. The van der Waals surface area contributed by atoms with Crippen molar-refractivity contribution in [3.8, 4) is 5.75 Å². The first-order chi connectivity index (χ1) is 41.5. The molecule has 3 saturated heterocycles. The zero-order valence-corrected chi connectivity index (χ0v) is 64.0. The Morgan fingerprint density at radius 3 is 1.10 bits per heavy atom. The van der Waals surface area contributed by atoms with Crippen LogP contribution in [0.5, 0.6) is 5.75 Å². The Bertz CT molecular complexity index is 1950. The van der Waals surface area contributed by atoms with E-state index in [1.165, 1.54) is 166 Å². The predicted octanol–water partition coefficient (Wildman–Crippen LogP) is 24.2. The third-order valence-corrected chi connectivity index (χ3v) is 17.1. The minimum atomic E-state index is 0.500. The van der Waals surface area contributed by atoms with Gasteiger partial charge in [0.15, 0.2) is 0 Å². The van der Waals surface area contributed by atoms with E-state index in [2.05, 4.69) is 273 Å². The summed E-state index contributed by atoms with van der Waals surface area (Å²) in [5.41, 5.74) is 8.57. The lowest BCUT2D eigenvalue weighted by Crippen LogP contribution is -2.39. The molecule has 0 aliphatic carbocycles. The van der Waals surface area contributed by atoms with Crippen molar-refractivity contribution >= 4 is 46.7 Å². The second kappa shape index (κ2) is 57.7. The van der Waals surface area contributed by atoms with Crippen molar-refractivity contribution < 1.29 is 9.13 Å². The summed E-state index contributed by atoms with van der Waals surface area (Å²) < 4.78 is 14.8. The Balaban J connectivity index is -0.000000933. The molecule has 3 fully saturated rings. The van der Waals surface area contributed by atoms with Crippen LogP contribution in [-0.2, 0) is 6.42 Å². The number of halogens is 3. The molecule has 7 rings (SSSR count). The van der Waals surface area contributed by atoms with Crippen molar-refractivity contribution in [1.82, 2.24) is 14.7 Å². The van der Waals surface area contributed by atoms with Crippen LogP contribution in [0.25, 0.3) is 0 Å². The molecule has 0 aromatic heterocycles. The van der Waals surface area contributed by atoms with E-state index >= 15 is 0 Å². The summed E-state index contributed by atoms with van der Waals surface area (Å²) >= 11 is 13.3. The second-order valence-electron chi connectivity index (χ2n) is 26.1. The fourth-order valence-electron chi connectivity index (χ4n) is 10.0. The fraction of sp³-hybridized carbons (Fsp3) is 0.692. The van der Waals surface area contributed by atoms with Gasteiger partial charge in [0.2, 0.25) is 0 Å². The lowest BCUT2D eigenvalue weighted by molar-refractivity contribution is 0.144. The van der Waals surface area contributed by atoms with Crippen molar-refractivity contribution in [3.05, 3.63) is 130 Å². The summed E-state index contributed by atoms with van der Waals surface area (Å²) in [5, 5.41) is 0. The highest BCUT2D eigenvalue weighted by molar-refractivity contribution is 7.99. The molecule has 4 aromatic rings. The first kappa shape index (κ1) is 89.0. The zero-order valence-electron chi connectivity index (χ0n) is 60.9. The number of alkyl halides is 3. The van der Waals surface area contributed by atoms with Gasteiger partial charge in [0.05, 0.1) is 13.8 Å². The molecule has 504 valence electrons. The number of unbranched alkanes of at least 4 members (excludes halogenated alkanes) is 1. The number of rotatable bonds is 18. The average Bonchev–Trinajstić information content (AvgIpc) is 3.71. The van der Waals surface area contributed by atoms with E-state index in [-0.39, 0.29) is 0 Å². The summed E-state index contributed by atoms with van der Waals surface area (Å²) in [6.45, 7) is 57.1. The molecule has 3 aliphatic rings. The molecular weight excluding hydrogens is 1150 g/mol. The molecule has 4 aromatic carbocycles.